The van der Waals surface area contributed by atoms with E-state index in [0.717, 1.165) is 32.4 Å². The van der Waals surface area contributed by atoms with Gasteiger partial charge in [0, 0.05) is 18.5 Å². The van der Waals surface area contributed by atoms with Crippen molar-refractivity contribution in [2.75, 3.05) is 13.1 Å². The van der Waals surface area contributed by atoms with Gasteiger partial charge in [0.2, 0.25) is 5.91 Å². The summed E-state index contributed by atoms with van der Waals surface area (Å²) in [6, 6.07) is 0.379. The van der Waals surface area contributed by atoms with Gasteiger partial charge in [0.1, 0.15) is 0 Å². The first-order chi connectivity index (χ1) is 7.86. The van der Waals surface area contributed by atoms with Crippen LogP contribution in [0.25, 0.3) is 0 Å². The Labute approximate surface area is 98.4 Å². The third-order valence-corrected chi connectivity index (χ3v) is 3.87. The predicted octanol–water partition coefficient (Wildman–Crippen LogP) is 1.82. The lowest BCUT2D eigenvalue weighted by molar-refractivity contribution is -0.126. The number of rotatable bonds is 2. The highest BCUT2D eigenvalue weighted by Crippen LogP contribution is 2.23. The molecule has 1 saturated carbocycles. The summed E-state index contributed by atoms with van der Waals surface area (Å²) in [5.41, 5.74) is 0. The summed E-state index contributed by atoms with van der Waals surface area (Å²) in [7, 11) is 0. The van der Waals surface area contributed by atoms with E-state index in [-0.39, 0.29) is 0 Å². The Morgan fingerprint density at radius 2 is 1.75 bits per heavy atom. The van der Waals surface area contributed by atoms with E-state index in [2.05, 4.69) is 10.6 Å². The molecule has 0 radical (unpaired) electrons. The summed E-state index contributed by atoms with van der Waals surface area (Å²) in [6.07, 6.45) is 9.64. The molecule has 92 valence electrons. The average Bonchev–Trinajstić information content (AvgIpc) is 2.59. The van der Waals surface area contributed by atoms with Crippen molar-refractivity contribution in [3.05, 3.63) is 0 Å². The maximum absolute atomic E-state index is 12.1. The van der Waals surface area contributed by atoms with Crippen LogP contribution in [-0.4, -0.2) is 25.0 Å². The van der Waals surface area contributed by atoms with Gasteiger partial charge in [0.25, 0.3) is 0 Å². The molecule has 2 fully saturated rings. The number of nitrogens with one attached hydrogen (secondary N) is 2. The van der Waals surface area contributed by atoms with Crippen molar-refractivity contribution in [3.63, 3.8) is 0 Å². The van der Waals surface area contributed by atoms with Gasteiger partial charge < -0.3 is 10.6 Å². The van der Waals surface area contributed by atoms with E-state index in [4.69, 9.17) is 0 Å². The van der Waals surface area contributed by atoms with Gasteiger partial charge in [-0.1, -0.05) is 25.7 Å². The Morgan fingerprint density at radius 1 is 1.00 bits per heavy atom. The standard InChI is InChI=1S/C13H24N2O/c16-13(11-6-3-1-2-4-7-11)15-12-8-5-9-14-10-12/h11-12,14H,1-10H2,(H,15,16)/t12-/m0/s1. The Hall–Kier alpha value is -0.570. The number of amides is 1. The second kappa shape index (κ2) is 6.24. The molecule has 1 atom stereocenters. The fraction of sp³-hybridized carbons (Fsp3) is 0.923. The maximum Gasteiger partial charge on any atom is 0.223 e. The number of hydrogen-bond acceptors (Lipinski definition) is 2. The van der Waals surface area contributed by atoms with E-state index in [1.54, 1.807) is 0 Å². The molecule has 1 amide bonds. The zero-order valence-corrected chi connectivity index (χ0v) is 10.1. The van der Waals surface area contributed by atoms with Crippen LogP contribution < -0.4 is 10.6 Å². The van der Waals surface area contributed by atoms with E-state index < -0.39 is 0 Å². The van der Waals surface area contributed by atoms with Gasteiger partial charge in [0.05, 0.1) is 0 Å². The lowest BCUT2D eigenvalue weighted by Gasteiger charge is -2.25. The van der Waals surface area contributed by atoms with Crippen LogP contribution in [0.2, 0.25) is 0 Å². The van der Waals surface area contributed by atoms with Crippen molar-refractivity contribution in [3.8, 4) is 0 Å². The number of carbonyl (C=O) groups excluding carboxylic acids is 1. The molecule has 1 saturated heterocycles. The zero-order chi connectivity index (χ0) is 11.2. The van der Waals surface area contributed by atoms with Gasteiger partial charge in [-0.15, -0.1) is 0 Å². The molecule has 3 heteroatoms. The Morgan fingerprint density at radius 3 is 2.38 bits per heavy atom. The Balaban J connectivity index is 1.76. The van der Waals surface area contributed by atoms with Crippen LogP contribution in [0, 0.1) is 5.92 Å². The van der Waals surface area contributed by atoms with Crippen LogP contribution >= 0.6 is 0 Å². The van der Waals surface area contributed by atoms with Crippen LogP contribution in [-0.2, 0) is 4.79 Å². The molecule has 16 heavy (non-hydrogen) atoms. The summed E-state index contributed by atoms with van der Waals surface area (Å²) >= 11 is 0. The van der Waals surface area contributed by atoms with Crippen LogP contribution in [0.3, 0.4) is 0 Å². The fourth-order valence-corrected chi connectivity index (χ4v) is 2.84. The van der Waals surface area contributed by atoms with Crippen LogP contribution in [0.4, 0.5) is 0 Å². The van der Waals surface area contributed by atoms with E-state index >= 15 is 0 Å². The zero-order valence-electron chi connectivity index (χ0n) is 10.1. The molecule has 0 aromatic carbocycles. The minimum atomic E-state index is 0.296. The highest BCUT2D eigenvalue weighted by atomic mass is 16.1. The predicted molar refractivity (Wildman–Crippen MR) is 65.2 cm³/mol. The molecular formula is C13H24N2O. The van der Waals surface area contributed by atoms with Gasteiger partial charge in [-0.3, -0.25) is 4.79 Å². The smallest absolute Gasteiger partial charge is 0.223 e. The van der Waals surface area contributed by atoms with E-state index in [1.165, 1.54) is 32.1 Å². The van der Waals surface area contributed by atoms with Crippen molar-refractivity contribution < 1.29 is 4.79 Å². The molecule has 0 spiro atoms. The van der Waals surface area contributed by atoms with Crippen molar-refractivity contribution >= 4 is 5.91 Å². The molecule has 1 aliphatic heterocycles. The minimum absolute atomic E-state index is 0.296. The molecule has 0 unspecified atom stereocenters. The van der Waals surface area contributed by atoms with E-state index in [1.807, 2.05) is 0 Å². The third kappa shape index (κ3) is 3.48. The van der Waals surface area contributed by atoms with Crippen LogP contribution in [0.5, 0.6) is 0 Å². The topological polar surface area (TPSA) is 41.1 Å². The van der Waals surface area contributed by atoms with Crippen molar-refractivity contribution in [1.29, 1.82) is 0 Å². The lowest BCUT2D eigenvalue weighted by atomic mass is 9.98. The average molecular weight is 224 g/mol. The van der Waals surface area contributed by atoms with Crippen LogP contribution in [0.1, 0.15) is 51.4 Å². The minimum Gasteiger partial charge on any atom is -0.352 e. The summed E-state index contributed by atoms with van der Waals surface area (Å²) in [5, 5.41) is 6.56. The van der Waals surface area contributed by atoms with E-state index in [9.17, 15) is 4.79 Å². The van der Waals surface area contributed by atoms with Crippen molar-refractivity contribution in [1.82, 2.24) is 10.6 Å². The molecule has 0 aromatic heterocycles. The summed E-state index contributed by atoms with van der Waals surface area (Å²) in [5.74, 6) is 0.611. The van der Waals surface area contributed by atoms with Crippen molar-refractivity contribution in [2.45, 2.75) is 57.4 Å². The number of hydrogen-bond donors (Lipinski definition) is 2. The van der Waals surface area contributed by atoms with Crippen molar-refractivity contribution in [2.24, 2.45) is 5.92 Å². The highest BCUT2D eigenvalue weighted by molar-refractivity contribution is 5.78. The quantitative estimate of drug-likeness (QED) is 0.703. The molecule has 0 aromatic rings. The molecule has 2 aliphatic rings. The van der Waals surface area contributed by atoms with E-state index in [0.29, 0.717) is 17.9 Å². The monoisotopic (exact) mass is 224 g/mol. The molecule has 1 heterocycles. The van der Waals surface area contributed by atoms with Gasteiger partial charge in [-0.05, 0) is 32.2 Å². The molecule has 3 nitrogen and oxygen atoms in total. The Kier molecular flexibility index (Phi) is 4.64. The largest absolute Gasteiger partial charge is 0.352 e. The normalized spacial score (nSPS) is 28.4. The van der Waals surface area contributed by atoms with Gasteiger partial charge >= 0.3 is 0 Å². The molecule has 2 rings (SSSR count). The maximum atomic E-state index is 12.1. The Bertz CT molecular complexity index is 216. The molecule has 0 bridgehead atoms. The highest BCUT2D eigenvalue weighted by Gasteiger charge is 2.23. The second-order valence-electron chi connectivity index (χ2n) is 5.24. The summed E-state index contributed by atoms with van der Waals surface area (Å²) < 4.78 is 0. The number of piperidine rings is 1. The molecule has 2 N–H and O–H groups in total. The number of carbonyl (C=O) groups is 1. The fourth-order valence-electron chi connectivity index (χ4n) is 2.84. The van der Waals surface area contributed by atoms with Crippen LogP contribution in [0.15, 0.2) is 0 Å². The molecule has 1 aliphatic carbocycles. The first kappa shape index (κ1) is 11.9. The van der Waals surface area contributed by atoms with Gasteiger partial charge in [-0.2, -0.15) is 0 Å². The molecular weight excluding hydrogens is 200 g/mol. The SMILES string of the molecule is O=C(N[C@H]1CCCNC1)C1CCCCCC1. The third-order valence-electron chi connectivity index (χ3n) is 3.87. The first-order valence-corrected chi connectivity index (χ1v) is 6.87. The van der Waals surface area contributed by atoms with Gasteiger partial charge in [-0.25, -0.2) is 0 Å². The van der Waals surface area contributed by atoms with Gasteiger partial charge in [0.15, 0.2) is 0 Å². The lowest BCUT2D eigenvalue weighted by Crippen LogP contribution is -2.47. The summed E-state index contributed by atoms with van der Waals surface area (Å²) in [6.45, 7) is 2.06. The first-order valence-electron chi connectivity index (χ1n) is 6.87. The summed E-state index contributed by atoms with van der Waals surface area (Å²) in [4.78, 5) is 12.1. The second-order valence-corrected chi connectivity index (χ2v) is 5.24.